The van der Waals surface area contributed by atoms with Crippen LogP contribution in [0.3, 0.4) is 0 Å². The van der Waals surface area contributed by atoms with E-state index in [4.69, 9.17) is 4.74 Å². The molecule has 1 aliphatic carbocycles. The molecule has 0 saturated carbocycles. The van der Waals surface area contributed by atoms with Crippen LogP contribution in [-0.4, -0.2) is 19.7 Å². The van der Waals surface area contributed by atoms with Gasteiger partial charge in [-0.25, -0.2) is 0 Å². The maximum absolute atomic E-state index is 5.70. The normalized spacial score (nSPS) is 17.2. The van der Waals surface area contributed by atoms with Crippen LogP contribution in [0.1, 0.15) is 29.9 Å². The van der Waals surface area contributed by atoms with Gasteiger partial charge in [-0.1, -0.05) is 42.5 Å². The molecule has 0 bridgehead atoms. The lowest BCUT2D eigenvalue weighted by Crippen LogP contribution is -2.28. The molecule has 1 N–H and O–H groups in total. The van der Waals surface area contributed by atoms with Crippen molar-refractivity contribution in [1.82, 2.24) is 5.32 Å². The van der Waals surface area contributed by atoms with Gasteiger partial charge in [0, 0.05) is 13.1 Å². The molecule has 0 aromatic heterocycles. The first-order chi connectivity index (χ1) is 10.4. The average molecular weight is 281 g/mol. The summed E-state index contributed by atoms with van der Waals surface area (Å²) >= 11 is 0. The van der Waals surface area contributed by atoms with Gasteiger partial charge in [0.15, 0.2) is 0 Å². The van der Waals surface area contributed by atoms with Crippen molar-refractivity contribution in [2.45, 2.75) is 25.2 Å². The largest absolute Gasteiger partial charge is 0.492 e. The number of benzene rings is 2. The smallest absolute Gasteiger partial charge is 0.119 e. The van der Waals surface area contributed by atoms with E-state index in [9.17, 15) is 0 Å². The SMILES string of the molecule is c1ccc(OCCNCC2CCCc3ccccc32)cc1. The summed E-state index contributed by atoms with van der Waals surface area (Å²) < 4.78 is 5.70. The zero-order valence-corrected chi connectivity index (χ0v) is 12.4. The Balaban J connectivity index is 1.42. The minimum absolute atomic E-state index is 0.659. The summed E-state index contributed by atoms with van der Waals surface area (Å²) in [5, 5.41) is 3.54. The molecule has 2 aromatic rings. The molecule has 0 radical (unpaired) electrons. The summed E-state index contributed by atoms with van der Waals surface area (Å²) in [5.41, 5.74) is 3.08. The molecular weight excluding hydrogens is 258 g/mol. The number of hydrogen-bond acceptors (Lipinski definition) is 2. The number of hydrogen-bond donors (Lipinski definition) is 1. The lowest BCUT2D eigenvalue weighted by atomic mass is 9.83. The highest BCUT2D eigenvalue weighted by atomic mass is 16.5. The molecule has 3 rings (SSSR count). The fraction of sp³-hybridized carbons (Fsp3) is 0.368. The van der Waals surface area contributed by atoms with Crippen LogP contribution in [0.15, 0.2) is 54.6 Å². The van der Waals surface area contributed by atoms with Crippen LogP contribution in [0.5, 0.6) is 5.75 Å². The Bertz CT molecular complexity index is 553. The van der Waals surface area contributed by atoms with Crippen molar-refractivity contribution in [3.05, 3.63) is 65.7 Å². The highest BCUT2D eigenvalue weighted by Gasteiger charge is 2.18. The molecule has 2 aromatic carbocycles. The number of nitrogens with one attached hydrogen (secondary N) is 1. The lowest BCUT2D eigenvalue weighted by Gasteiger charge is -2.25. The minimum atomic E-state index is 0.659. The topological polar surface area (TPSA) is 21.3 Å². The second-order valence-electron chi connectivity index (χ2n) is 5.65. The van der Waals surface area contributed by atoms with E-state index in [1.54, 1.807) is 5.56 Å². The monoisotopic (exact) mass is 281 g/mol. The van der Waals surface area contributed by atoms with Crippen molar-refractivity contribution in [1.29, 1.82) is 0 Å². The molecule has 2 heteroatoms. The second-order valence-corrected chi connectivity index (χ2v) is 5.65. The van der Waals surface area contributed by atoms with Crippen molar-refractivity contribution >= 4 is 0 Å². The van der Waals surface area contributed by atoms with Crippen LogP contribution in [0.4, 0.5) is 0 Å². The molecule has 0 saturated heterocycles. The predicted octanol–water partition coefficient (Wildman–Crippen LogP) is 3.78. The molecule has 21 heavy (non-hydrogen) atoms. The van der Waals surface area contributed by atoms with Gasteiger partial charge >= 0.3 is 0 Å². The summed E-state index contributed by atoms with van der Waals surface area (Å²) in [6, 6.07) is 18.9. The third-order valence-electron chi connectivity index (χ3n) is 4.18. The number of ether oxygens (including phenoxy) is 1. The highest BCUT2D eigenvalue weighted by Crippen LogP contribution is 2.30. The predicted molar refractivity (Wildman–Crippen MR) is 86.9 cm³/mol. The number of fused-ring (bicyclic) bond motifs is 1. The molecule has 110 valence electrons. The van der Waals surface area contributed by atoms with Gasteiger partial charge < -0.3 is 10.1 Å². The van der Waals surface area contributed by atoms with E-state index in [0.29, 0.717) is 5.92 Å². The van der Waals surface area contributed by atoms with Crippen LogP contribution in [0.2, 0.25) is 0 Å². The van der Waals surface area contributed by atoms with Crippen molar-refractivity contribution in [3.8, 4) is 5.75 Å². The van der Waals surface area contributed by atoms with Gasteiger partial charge in [-0.2, -0.15) is 0 Å². The van der Waals surface area contributed by atoms with Gasteiger partial charge in [-0.05, 0) is 48.4 Å². The highest BCUT2D eigenvalue weighted by molar-refractivity contribution is 5.32. The van der Waals surface area contributed by atoms with Crippen molar-refractivity contribution < 1.29 is 4.74 Å². The fourth-order valence-corrected chi connectivity index (χ4v) is 3.10. The average Bonchev–Trinajstić information content (AvgIpc) is 2.56. The first-order valence-corrected chi connectivity index (χ1v) is 7.90. The van der Waals surface area contributed by atoms with Gasteiger partial charge in [0.2, 0.25) is 0 Å². The lowest BCUT2D eigenvalue weighted by molar-refractivity contribution is 0.311. The van der Waals surface area contributed by atoms with Crippen LogP contribution in [0, 0.1) is 0 Å². The Morgan fingerprint density at radius 3 is 2.71 bits per heavy atom. The zero-order chi connectivity index (χ0) is 14.3. The molecule has 2 nitrogen and oxygen atoms in total. The van der Waals surface area contributed by atoms with Crippen LogP contribution in [0.25, 0.3) is 0 Å². The van der Waals surface area contributed by atoms with E-state index >= 15 is 0 Å². The second kappa shape index (κ2) is 7.28. The standard InChI is InChI=1S/C19H23NO/c1-2-10-18(11-3-1)21-14-13-20-15-17-9-6-8-16-7-4-5-12-19(16)17/h1-5,7,10-12,17,20H,6,8-9,13-15H2. The molecular formula is C19H23NO. The van der Waals surface area contributed by atoms with Crippen molar-refractivity contribution in [2.24, 2.45) is 0 Å². The van der Waals surface area contributed by atoms with Crippen LogP contribution >= 0.6 is 0 Å². The summed E-state index contributed by atoms with van der Waals surface area (Å²) in [7, 11) is 0. The third-order valence-corrected chi connectivity index (χ3v) is 4.18. The maximum Gasteiger partial charge on any atom is 0.119 e. The van der Waals surface area contributed by atoms with E-state index in [2.05, 4.69) is 29.6 Å². The number of rotatable bonds is 6. The van der Waals surface area contributed by atoms with E-state index in [-0.39, 0.29) is 0 Å². The van der Waals surface area contributed by atoms with Gasteiger partial charge in [-0.15, -0.1) is 0 Å². The summed E-state index contributed by atoms with van der Waals surface area (Å²) in [6.45, 7) is 2.67. The third kappa shape index (κ3) is 3.85. The minimum Gasteiger partial charge on any atom is -0.492 e. The van der Waals surface area contributed by atoms with Crippen LogP contribution in [-0.2, 0) is 6.42 Å². The molecule has 0 spiro atoms. The number of aryl methyl sites for hydroxylation is 1. The van der Waals surface area contributed by atoms with Gasteiger partial charge in [0.05, 0.1) is 0 Å². The van der Waals surface area contributed by atoms with Crippen molar-refractivity contribution in [3.63, 3.8) is 0 Å². The molecule has 0 heterocycles. The van der Waals surface area contributed by atoms with E-state index in [1.165, 1.54) is 24.8 Å². The molecule has 0 fully saturated rings. The first-order valence-electron chi connectivity index (χ1n) is 7.90. The maximum atomic E-state index is 5.70. The molecule has 0 amide bonds. The van der Waals surface area contributed by atoms with Crippen molar-refractivity contribution in [2.75, 3.05) is 19.7 Å². The Kier molecular flexibility index (Phi) is 4.90. The van der Waals surface area contributed by atoms with Gasteiger partial charge in [-0.3, -0.25) is 0 Å². The summed E-state index contributed by atoms with van der Waals surface area (Å²) in [5.74, 6) is 1.61. The summed E-state index contributed by atoms with van der Waals surface area (Å²) in [4.78, 5) is 0. The Morgan fingerprint density at radius 1 is 1.00 bits per heavy atom. The van der Waals surface area contributed by atoms with E-state index in [1.807, 2.05) is 30.3 Å². The van der Waals surface area contributed by atoms with Crippen LogP contribution < -0.4 is 10.1 Å². The number of para-hydroxylation sites is 1. The van der Waals surface area contributed by atoms with Gasteiger partial charge in [0.25, 0.3) is 0 Å². The molecule has 1 atom stereocenters. The first kappa shape index (κ1) is 14.2. The van der Waals surface area contributed by atoms with Gasteiger partial charge in [0.1, 0.15) is 12.4 Å². The fourth-order valence-electron chi connectivity index (χ4n) is 3.10. The Morgan fingerprint density at radius 2 is 1.81 bits per heavy atom. The van der Waals surface area contributed by atoms with E-state index < -0.39 is 0 Å². The Labute approximate surface area is 127 Å². The summed E-state index contributed by atoms with van der Waals surface area (Å²) in [6.07, 6.45) is 3.84. The zero-order valence-electron chi connectivity index (χ0n) is 12.4. The molecule has 1 aliphatic rings. The quantitative estimate of drug-likeness (QED) is 0.814. The molecule has 0 aliphatic heterocycles. The Hall–Kier alpha value is -1.80. The van der Waals surface area contributed by atoms with E-state index in [0.717, 1.165) is 25.4 Å². The molecule has 1 unspecified atom stereocenters.